The SMILES string of the molecule is COc1cccc(C2C(C(=O)Nc3ccc(C)cc3C)=C(C)Nc3nc4ccccc4n32)c1. The Labute approximate surface area is 192 Å². The van der Waals surface area contributed by atoms with Gasteiger partial charge in [0, 0.05) is 11.4 Å². The third-order valence-corrected chi connectivity index (χ3v) is 6.12. The lowest BCUT2D eigenvalue weighted by Gasteiger charge is -2.31. The lowest BCUT2D eigenvalue weighted by molar-refractivity contribution is -0.113. The van der Waals surface area contributed by atoms with Gasteiger partial charge in [-0.05, 0) is 62.2 Å². The second-order valence-corrected chi connectivity index (χ2v) is 8.41. The van der Waals surface area contributed by atoms with Crippen molar-refractivity contribution >= 4 is 28.6 Å². The van der Waals surface area contributed by atoms with Crippen LogP contribution in [0.1, 0.15) is 29.7 Å². The summed E-state index contributed by atoms with van der Waals surface area (Å²) in [6, 6.07) is 21.5. The molecule has 1 aromatic heterocycles. The minimum atomic E-state index is -0.366. The zero-order valence-electron chi connectivity index (χ0n) is 19.1. The van der Waals surface area contributed by atoms with Crippen molar-refractivity contribution in [2.45, 2.75) is 26.8 Å². The zero-order chi connectivity index (χ0) is 23.1. The first-order valence-electron chi connectivity index (χ1n) is 10.9. The van der Waals surface area contributed by atoms with Gasteiger partial charge in [0.2, 0.25) is 5.95 Å². The quantitative estimate of drug-likeness (QED) is 0.436. The molecule has 0 saturated heterocycles. The smallest absolute Gasteiger partial charge is 0.255 e. The van der Waals surface area contributed by atoms with E-state index in [1.165, 1.54) is 0 Å². The molecule has 2 N–H and O–H groups in total. The molecule has 5 rings (SSSR count). The summed E-state index contributed by atoms with van der Waals surface area (Å²) in [6.45, 7) is 5.97. The Morgan fingerprint density at radius 2 is 1.85 bits per heavy atom. The number of ether oxygens (including phenoxy) is 1. The van der Waals surface area contributed by atoms with Gasteiger partial charge in [-0.2, -0.15) is 0 Å². The highest BCUT2D eigenvalue weighted by atomic mass is 16.5. The summed E-state index contributed by atoms with van der Waals surface area (Å²) < 4.78 is 7.58. The molecule has 0 spiro atoms. The highest BCUT2D eigenvalue weighted by molar-refractivity contribution is 6.06. The summed E-state index contributed by atoms with van der Waals surface area (Å²) in [7, 11) is 1.65. The van der Waals surface area contributed by atoms with E-state index >= 15 is 0 Å². The Kier molecular flexibility index (Phi) is 5.13. The van der Waals surface area contributed by atoms with Crippen LogP contribution in [-0.2, 0) is 4.79 Å². The summed E-state index contributed by atoms with van der Waals surface area (Å²) in [6.07, 6.45) is 0. The number of carbonyl (C=O) groups excluding carboxylic acids is 1. The van der Waals surface area contributed by atoms with E-state index in [4.69, 9.17) is 9.72 Å². The van der Waals surface area contributed by atoms with E-state index < -0.39 is 0 Å². The Morgan fingerprint density at radius 3 is 2.64 bits per heavy atom. The third kappa shape index (κ3) is 3.63. The van der Waals surface area contributed by atoms with E-state index in [2.05, 4.69) is 21.3 Å². The van der Waals surface area contributed by atoms with Gasteiger partial charge in [0.1, 0.15) is 5.75 Å². The monoisotopic (exact) mass is 438 g/mol. The van der Waals surface area contributed by atoms with Gasteiger partial charge in [0.05, 0.1) is 29.8 Å². The number of aromatic nitrogens is 2. The molecule has 0 bridgehead atoms. The Balaban J connectivity index is 1.67. The van der Waals surface area contributed by atoms with Crippen LogP contribution in [0.4, 0.5) is 11.6 Å². The molecule has 1 amide bonds. The van der Waals surface area contributed by atoms with E-state index in [1.54, 1.807) is 7.11 Å². The summed E-state index contributed by atoms with van der Waals surface area (Å²) in [5.74, 6) is 1.30. The number of hydrogen-bond donors (Lipinski definition) is 2. The number of fused-ring (bicyclic) bond motifs is 3. The number of aryl methyl sites for hydroxylation is 2. The number of benzene rings is 3. The van der Waals surface area contributed by atoms with Crippen LogP contribution in [0.25, 0.3) is 11.0 Å². The van der Waals surface area contributed by atoms with Gasteiger partial charge in [-0.25, -0.2) is 4.98 Å². The number of nitrogens with zero attached hydrogens (tertiary/aromatic N) is 2. The van der Waals surface area contributed by atoms with Crippen LogP contribution in [0.2, 0.25) is 0 Å². The molecule has 0 saturated carbocycles. The van der Waals surface area contributed by atoms with Crippen molar-refractivity contribution in [1.29, 1.82) is 0 Å². The molecule has 4 aromatic rings. The lowest BCUT2D eigenvalue weighted by atomic mass is 9.94. The average Bonchev–Trinajstić information content (AvgIpc) is 3.17. The summed E-state index contributed by atoms with van der Waals surface area (Å²) in [5, 5.41) is 6.49. The van der Waals surface area contributed by atoms with Gasteiger partial charge in [0.25, 0.3) is 5.91 Å². The molecular formula is C27H26N4O2. The molecule has 6 nitrogen and oxygen atoms in total. The Morgan fingerprint density at radius 1 is 1.03 bits per heavy atom. The van der Waals surface area contributed by atoms with Gasteiger partial charge in [0.15, 0.2) is 0 Å². The van der Waals surface area contributed by atoms with Crippen LogP contribution in [0, 0.1) is 13.8 Å². The minimum Gasteiger partial charge on any atom is -0.497 e. The molecule has 6 heteroatoms. The largest absolute Gasteiger partial charge is 0.497 e. The number of allylic oxidation sites excluding steroid dienone is 1. The predicted molar refractivity (Wildman–Crippen MR) is 132 cm³/mol. The van der Waals surface area contributed by atoms with Crippen molar-refractivity contribution in [2.75, 3.05) is 17.7 Å². The lowest BCUT2D eigenvalue weighted by Crippen LogP contribution is -2.31. The van der Waals surface area contributed by atoms with E-state index in [0.717, 1.165) is 44.9 Å². The highest BCUT2D eigenvalue weighted by Gasteiger charge is 2.34. The zero-order valence-corrected chi connectivity index (χ0v) is 19.1. The molecule has 1 unspecified atom stereocenters. The normalized spacial score (nSPS) is 15.2. The van der Waals surface area contributed by atoms with Crippen LogP contribution in [0.5, 0.6) is 5.75 Å². The molecule has 3 aromatic carbocycles. The van der Waals surface area contributed by atoms with E-state index in [-0.39, 0.29) is 11.9 Å². The second-order valence-electron chi connectivity index (χ2n) is 8.41. The van der Waals surface area contributed by atoms with E-state index in [0.29, 0.717) is 11.5 Å². The van der Waals surface area contributed by atoms with Crippen LogP contribution >= 0.6 is 0 Å². The van der Waals surface area contributed by atoms with Crippen molar-refractivity contribution in [3.05, 3.63) is 94.7 Å². The molecule has 1 aliphatic heterocycles. The predicted octanol–water partition coefficient (Wildman–Crippen LogP) is 5.59. The molecule has 166 valence electrons. The molecule has 0 radical (unpaired) electrons. The molecule has 1 aliphatic rings. The van der Waals surface area contributed by atoms with E-state index in [9.17, 15) is 4.79 Å². The maximum atomic E-state index is 13.7. The van der Waals surface area contributed by atoms with Crippen molar-refractivity contribution in [3.63, 3.8) is 0 Å². The molecule has 2 heterocycles. The van der Waals surface area contributed by atoms with Crippen LogP contribution in [0.3, 0.4) is 0 Å². The number of methoxy groups -OCH3 is 1. The molecule has 1 atom stereocenters. The van der Waals surface area contributed by atoms with Crippen molar-refractivity contribution in [2.24, 2.45) is 0 Å². The standard InChI is InChI=1S/C27H26N4O2/c1-16-12-13-21(17(2)14-16)29-26(32)24-18(3)28-27-30-22-10-5-6-11-23(22)31(27)25(24)19-8-7-9-20(15-19)33-4/h5-15,25H,1-4H3,(H,28,30)(H,29,32). The van der Waals surface area contributed by atoms with Crippen LogP contribution < -0.4 is 15.4 Å². The van der Waals surface area contributed by atoms with Crippen molar-refractivity contribution < 1.29 is 9.53 Å². The number of anilines is 2. The summed E-state index contributed by atoms with van der Waals surface area (Å²) in [4.78, 5) is 18.5. The fourth-order valence-corrected chi connectivity index (χ4v) is 4.53. The topological polar surface area (TPSA) is 68.2 Å². The van der Waals surface area contributed by atoms with Crippen molar-refractivity contribution in [3.8, 4) is 5.75 Å². The first kappa shape index (κ1) is 20.8. The number of hydrogen-bond acceptors (Lipinski definition) is 4. The fourth-order valence-electron chi connectivity index (χ4n) is 4.53. The van der Waals surface area contributed by atoms with Gasteiger partial charge < -0.3 is 15.4 Å². The van der Waals surface area contributed by atoms with Crippen LogP contribution in [0.15, 0.2) is 78.0 Å². The molecule has 33 heavy (non-hydrogen) atoms. The second kappa shape index (κ2) is 8.13. The van der Waals surface area contributed by atoms with Gasteiger partial charge in [-0.3, -0.25) is 9.36 Å². The highest BCUT2D eigenvalue weighted by Crippen LogP contribution is 2.40. The Bertz CT molecular complexity index is 1420. The maximum Gasteiger partial charge on any atom is 0.255 e. The summed E-state index contributed by atoms with van der Waals surface area (Å²) in [5.41, 5.74) is 7.17. The number of nitrogens with one attached hydrogen (secondary N) is 2. The molecule has 0 fully saturated rings. The van der Waals surface area contributed by atoms with Crippen LogP contribution in [-0.4, -0.2) is 22.6 Å². The van der Waals surface area contributed by atoms with Gasteiger partial charge in [-0.15, -0.1) is 0 Å². The maximum absolute atomic E-state index is 13.7. The first-order valence-corrected chi connectivity index (χ1v) is 10.9. The van der Waals surface area contributed by atoms with Crippen molar-refractivity contribution in [1.82, 2.24) is 9.55 Å². The molecular weight excluding hydrogens is 412 g/mol. The third-order valence-electron chi connectivity index (χ3n) is 6.12. The van der Waals surface area contributed by atoms with E-state index in [1.807, 2.05) is 81.4 Å². The number of imidazole rings is 1. The average molecular weight is 439 g/mol. The van der Waals surface area contributed by atoms with Gasteiger partial charge in [-0.1, -0.05) is 42.0 Å². The Hall–Kier alpha value is -4.06. The number of carbonyl (C=O) groups is 1. The minimum absolute atomic E-state index is 0.150. The number of para-hydroxylation sites is 2. The first-order chi connectivity index (χ1) is 16.0. The number of rotatable bonds is 4. The molecule has 0 aliphatic carbocycles. The fraction of sp³-hybridized carbons (Fsp3) is 0.185. The van der Waals surface area contributed by atoms with Gasteiger partial charge >= 0.3 is 0 Å². The number of amides is 1. The summed E-state index contributed by atoms with van der Waals surface area (Å²) >= 11 is 0.